The van der Waals surface area contributed by atoms with Crippen molar-refractivity contribution in [3.05, 3.63) is 63.2 Å². The first kappa shape index (κ1) is 16.8. The zero-order chi connectivity index (χ0) is 17.8. The number of benzene rings is 2. The highest BCUT2D eigenvalue weighted by molar-refractivity contribution is 6.03. The Balaban J connectivity index is 1.73. The second kappa shape index (κ2) is 7.21. The fourth-order valence-electron chi connectivity index (χ4n) is 2.82. The zero-order valence-corrected chi connectivity index (χ0v) is 13.8. The Hall–Kier alpha value is -3.09. The standard InChI is InChI=1S/C18H18N2O5/c1-24-18-9-13-3-2-4-16(15(13)10-17(18)21)19-25-11-12-5-7-14(8-6-12)20(22)23/h5-10,21H,2-4,11H2,1H3/b19-16-. The van der Waals surface area contributed by atoms with Crippen molar-refractivity contribution in [3.63, 3.8) is 0 Å². The summed E-state index contributed by atoms with van der Waals surface area (Å²) in [5, 5.41) is 24.8. The number of hydrogen-bond donors (Lipinski definition) is 1. The van der Waals surface area contributed by atoms with E-state index in [-0.39, 0.29) is 18.0 Å². The van der Waals surface area contributed by atoms with Crippen molar-refractivity contribution in [1.29, 1.82) is 0 Å². The lowest BCUT2D eigenvalue weighted by atomic mass is 9.89. The van der Waals surface area contributed by atoms with Crippen LogP contribution in [0.15, 0.2) is 41.6 Å². The number of rotatable bonds is 5. The third kappa shape index (κ3) is 3.71. The maximum absolute atomic E-state index is 10.6. The topological polar surface area (TPSA) is 94.2 Å². The normalized spacial score (nSPS) is 14.8. The van der Waals surface area contributed by atoms with E-state index in [2.05, 4.69) is 5.16 Å². The van der Waals surface area contributed by atoms with Gasteiger partial charge in [-0.15, -0.1) is 0 Å². The van der Waals surface area contributed by atoms with Crippen LogP contribution in [0.25, 0.3) is 0 Å². The summed E-state index contributed by atoms with van der Waals surface area (Å²) in [6, 6.07) is 9.64. The number of methoxy groups -OCH3 is 1. The lowest BCUT2D eigenvalue weighted by Crippen LogP contribution is -2.12. The number of phenolic OH excluding ortho intramolecular Hbond substituents is 1. The molecule has 0 bridgehead atoms. The van der Waals surface area contributed by atoms with Crippen LogP contribution in [0.2, 0.25) is 0 Å². The Morgan fingerprint density at radius 2 is 2.00 bits per heavy atom. The molecule has 0 aliphatic heterocycles. The predicted molar refractivity (Wildman–Crippen MR) is 92.0 cm³/mol. The summed E-state index contributed by atoms with van der Waals surface area (Å²) in [5.41, 5.74) is 3.55. The Bertz CT molecular complexity index is 815. The van der Waals surface area contributed by atoms with E-state index in [1.54, 1.807) is 18.2 Å². The number of hydrogen-bond acceptors (Lipinski definition) is 6. The number of phenols is 1. The molecule has 0 heterocycles. The molecule has 2 aromatic carbocycles. The molecular weight excluding hydrogens is 324 g/mol. The average molecular weight is 342 g/mol. The number of nitro benzene ring substituents is 1. The molecule has 1 aliphatic rings. The van der Waals surface area contributed by atoms with Crippen LogP contribution in [0.1, 0.15) is 29.5 Å². The lowest BCUT2D eigenvalue weighted by Gasteiger charge is -2.19. The molecule has 7 nitrogen and oxygen atoms in total. The molecule has 1 N–H and O–H groups in total. The summed E-state index contributed by atoms with van der Waals surface area (Å²) in [6.07, 6.45) is 2.60. The molecule has 3 rings (SSSR count). The van der Waals surface area contributed by atoms with Gasteiger partial charge in [-0.2, -0.15) is 0 Å². The zero-order valence-electron chi connectivity index (χ0n) is 13.8. The first-order chi connectivity index (χ1) is 12.1. The summed E-state index contributed by atoms with van der Waals surface area (Å²) in [5.74, 6) is 0.526. The minimum Gasteiger partial charge on any atom is -0.504 e. The molecule has 0 fully saturated rings. The highest BCUT2D eigenvalue weighted by atomic mass is 16.6. The number of ether oxygens (including phenoxy) is 1. The van der Waals surface area contributed by atoms with E-state index < -0.39 is 4.92 Å². The van der Waals surface area contributed by atoms with Crippen molar-refractivity contribution in [2.75, 3.05) is 7.11 Å². The third-order valence-corrected chi connectivity index (χ3v) is 4.13. The minimum absolute atomic E-state index is 0.0423. The molecular formula is C18H18N2O5. The molecule has 2 aromatic rings. The summed E-state index contributed by atoms with van der Waals surface area (Å²) in [6.45, 7) is 0.221. The number of aromatic hydroxyl groups is 1. The number of nitro groups is 1. The molecule has 0 saturated carbocycles. The van der Waals surface area contributed by atoms with Crippen molar-refractivity contribution in [2.24, 2.45) is 5.16 Å². The summed E-state index contributed by atoms with van der Waals surface area (Å²) in [4.78, 5) is 15.6. The van der Waals surface area contributed by atoms with Crippen LogP contribution in [0.3, 0.4) is 0 Å². The van der Waals surface area contributed by atoms with E-state index in [1.807, 2.05) is 6.07 Å². The van der Waals surface area contributed by atoms with Gasteiger partial charge in [-0.1, -0.05) is 5.16 Å². The smallest absolute Gasteiger partial charge is 0.269 e. The van der Waals surface area contributed by atoms with Gasteiger partial charge in [-0.05, 0) is 54.7 Å². The van der Waals surface area contributed by atoms with Gasteiger partial charge in [0, 0.05) is 17.7 Å². The van der Waals surface area contributed by atoms with Crippen LogP contribution in [0, 0.1) is 10.1 Å². The van der Waals surface area contributed by atoms with Crippen molar-refractivity contribution in [3.8, 4) is 11.5 Å². The molecule has 25 heavy (non-hydrogen) atoms. The van der Waals surface area contributed by atoms with Crippen LogP contribution in [-0.2, 0) is 17.9 Å². The number of fused-ring (bicyclic) bond motifs is 1. The van der Waals surface area contributed by atoms with Gasteiger partial charge < -0.3 is 14.7 Å². The van der Waals surface area contributed by atoms with Gasteiger partial charge in [-0.25, -0.2) is 0 Å². The van der Waals surface area contributed by atoms with Gasteiger partial charge in [0.25, 0.3) is 5.69 Å². The highest BCUT2D eigenvalue weighted by Crippen LogP contribution is 2.33. The fourth-order valence-corrected chi connectivity index (χ4v) is 2.82. The number of non-ortho nitro benzene ring substituents is 1. The molecule has 0 unspecified atom stereocenters. The van der Waals surface area contributed by atoms with Crippen LogP contribution >= 0.6 is 0 Å². The SMILES string of the molecule is COc1cc2c(cc1O)/C(=N\OCc1ccc([N+](=O)[O-])cc1)CCC2. The van der Waals surface area contributed by atoms with Gasteiger partial charge in [-0.3, -0.25) is 10.1 Å². The summed E-state index contributed by atoms with van der Waals surface area (Å²) < 4.78 is 5.14. The van der Waals surface area contributed by atoms with Crippen LogP contribution in [0.4, 0.5) is 5.69 Å². The quantitative estimate of drug-likeness (QED) is 0.662. The molecule has 0 amide bonds. The Morgan fingerprint density at radius 1 is 1.24 bits per heavy atom. The van der Waals surface area contributed by atoms with Crippen LogP contribution < -0.4 is 4.74 Å². The second-order valence-electron chi connectivity index (χ2n) is 5.77. The van der Waals surface area contributed by atoms with E-state index in [0.717, 1.165) is 41.7 Å². The van der Waals surface area contributed by atoms with E-state index in [1.165, 1.54) is 19.2 Å². The van der Waals surface area contributed by atoms with Crippen molar-refractivity contribution in [1.82, 2.24) is 0 Å². The van der Waals surface area contributed by atoms with Gasteiger partial charge in [0.2, 0.25) is 0 Å². The molecule has 1 aliphatic carbocycles. The van der Waals surface area contributed by atoms with Crippen molar-refractivity contribution < 1.29 is 19.6 Å². The minimum atomic E-state index is -0.440. The number of aryl methyl sites for hydroxylation is 1. The van der Waals surface area contributed by atoms with E-state index >= 15 is 0 Å². The fraction of sp³-hybridized carbons (Fsp3) is 0.278. The van der Waals surface area contributed by atoms with E-state index in [9.17, 15) is 15.2 Å². The molecule has 0 atom stereocenters. The summed E-state index contributed by atoms with van der Waals surface area (Å²) in [7, 11) is 1.52. The summed E-state index contributed by atoms with van der Waals surface area (Å²) >= 11 is 0. The maximum Gasteiger partial charge on any atom is 0.269 e. The average Bonchev–Trinajstić information content (AvgIpc) is 2.62. The molecule has 0 radical (unpaired) electrons. The molecule has 0 saturated heterocycles. The molecule has 0 aromatic heterocycles. The van der Waals surface area contributed by atoms with Crippen LogP contribution in [0.5, 0.6) is 11.5 Å². The Kier molecular flexibility index (Phi) is 4.83. The molecule has 130 valence electrons. The van der Waals surface area contributed by atoms with Crippen molar-refractivity contribution >= 4 is 11.4 Å². The maximum atomic E-state index is 10.6. The van der Waals surface area contributed by atoms with Crippen LogP contribution in [-0.4, -0.2) is 22.9 Å². The first-order valence-electron chi connectivity index (χ1n) is 7.91. The van der Waals surface area contributed by atoms with E-state index in [0.29, 0.717) is 5.75 Å². The molecule has 0 spiro atoms. The molecule has 7 heteroatoms. The monoisotopic (exact) mass is 342 g/mol. The number of nitrogens with zero attached hydrogens (tertiary/aromatic N) is 2. The second-order valence-corrected chi connectivity index (χ2v) is 5.77. The predicted octanol–water partition coefficient (Wildman–Crippen LogP) is 3.57. The van der Waals surface area contributed by atoms with Gasteiger partial charge in [0.05, 0.1) is 17.7 Å². The van der Waals surface area contributed by atoms with E-state index in [4.69, 9.17) is 9.57 Å². The number of oxime groups is 1. The lowest BCUT2D eigenvalue weighted by molar-refractivity contribution is -0.384. The van der Waals surface area contributed by atoms with Crippen molar-refractivity contribution in [2.45, 2.75) is 25.9 Å². The van der Waals surface area contributed by atoms with Gasteiger partial charge in [0.1, 0.15) is 6.61 Å². The Labute approximate surface area is 144 Å². The van der Waals surface area contributed by atoms with Gasteiger partial charge >= 0.3 is 0 Å². The first-order valence-corrected chi connectivity index (χ1v) is 7.91. The third-order valence-electron chi connectivity index (χ3n) is 4.13. The highest BCUT2D eigenvalue weighted by Gasteiger charge is 2.19. The largest absolute Gasteiger partial charge is 0.504 e. The van der Waals surface area contributed by atoms with Gasteiger partial charge in [0.15, 0.2) is 11.5 Å². The Morgan fingerprint density at radius 3 is 2.68 bits per heavy atom.